The normalized spacial score (nSPS) is 10.5. The maximum atomic E-state index is 11.7. The molecule has 200 valence electrons. The van der Waals surface area contributed by atoms with Crippen molar-refractivity contribution in [3.63, 3.8) is 0 Å². The van der Waals surface area contributed by atoms with E-state index in [1.165, 1.54) is 0 Å². The summed E-state index contributed by atoms with van der Waals surface area (Å²) in [5.74, 6) is -3.88. The van der Waals surface area contributed by atoms with Crippen molar-refractivity contribution in [1.29, 1.82) is 0 Å². The summed E-state index contributed by atoms with van der Waals surface area (Å²) in [5, 5.41) is 17.1. The fourth-order valence-corrected chi connectivity index (χ4v) is 3.33. The predicted octanol–water partition coefficient (Wildman–Crippen LogP) is 4.71. The van der Waals surface area contributed by atoms with Gasteiger partial charge in [0.05, 0.1) is 0 Å². The van der Waals surface area contributed by atoms with Crippen molar-refractivity contribution in [3.05, 3.63) is 0 Å². The zero-order valence-corrected chi connectivity index (χ0v) is 20.6. The molecule has 0 aromatic rings. The van der Waals surface area contributed by atoms with Crippen molar-refractivity contribution in [1.82, 2.24) is 0 Å². The molecule has 10 heteroatoms. The number of unbranched alkanes of at least 4 members (excludes halogenated alkanes) is 10. The number of ether oxygens (including phenoxy) is 2. The third-order valence-corrected chi connectivity index (χ3v) is 5.26. The van der Waals surface area contributed by atoms with Gasteiger partial charge in [-0.2, -0.15) is 0 Å². The van der Waals surface area contributed by atoms with E-state index in [1.807, 2.05) is 0 Å². The molecular weight excluding hydrogens is 460 g/mol. The number of carboxylic acid groups (broad SMARTS) is 2. The third kappa shape index (κ3) is 24.2. The zero-order valence-electron chi connectivity index (χ0n) is 20.6. The van der Waals surface area contributed by atoms with Crippen LogP contribution in [0.3, 0.4) is 0 Å². The standard InChI is InChI=1S/C25H40O10/c26-20(27)14-8-4-6-12-18-24(32)34-22(30)16-10-2-1-3-11-17-23(31)35-25(33)19-13-7-5-9-15-21(28)29/h1-19H2,(H,26,27)(H,28,29). The van der Waals surface area contributed by atoms with Gasteiger partial charge < -0.3 is 19.7 Å². The highest BCUT2D eigenvalue weighted by molar-refractivity contribution is 5.85. The van der Waals surface area contributed by atoms with Crippen molar-refractivity contribution in [2.75, 3.05) is 0 Å². The Morgan fingerprint density at radius 2 is 0.543 bits per heavy atom. The highest BCUT2D eigenvalue weighted by Crippen LogP contribution is 2.11. The van der Waals surface area contributed by atoms with Crippen LogP contribution in [0.1, 0.15) is 122 Å². The minimum absolute atomic E-state index is 0.118. The summed E-state index contributed by atoms with van der Waals surface area (Å²) in [7, 11) is 0. The van der Waals surface area contributed by atoms with Gasteiger partial charge in [0.15, 0.2) is 0 Å². The molecule has 0 unspecified atom stereocenters. The molecule has 2 N–H and O–H groups in total. The maximum Gasteiger partial charge on any atom is 0.313 e. The minimum atomic E-state index is -0.833. The largest absolute Gasteiger partial charge is 0.481 e. The fourth-order valence-electron chi connectivity index (χ4n) is 3.33. The van der Waals surface area contributed by atoms with E-state index in [1.54, 1.807) is 0 Å². The Hall–Kier alpha value is -2.78. The van der Waals surface area contributed by atoms with Crippen LogP contribution in [0.4, 0.5) is 0 Å². The molecule has 0 aliphatic heterocycles. The number of carbonyl (C=O) groups is 6. The Balaban J connectivity index is 3.56. The first kappa shape index (κ1) is 32.2. The molecule has 0 aliphatic carbocycles. The number of hydrogen-bond donors (Lipinski definition) is 2. The number of carboxylic acids is 2. The van der Waals surface area contributed by atoms with Crippen LogP contribution in [0.5, 0.6) is 0 Å². The first-order chi connectivity index (χ1) is 16.7. The van der Waals surface area contributed by atoms with Crippen LogP contribution in [0.25, 0.3) is 0 Å². The number of hydrogen-bond acceptors (Lipinski definition) is 8. The average Bonchev–Trinajstić information content (AvgIpc) is 2.77. The van der Waals surface area contributed by atoms with Crippen LogP contribution in [0, 0.1) is 0 Å². The molecule has 0 bridgehead atoms. The van der Waals surface area contributed by atoms with Gasteiger partial charge in [-0.25, -0.2) is 0 Å². The third-order valence-electron chi connectivity index (χ3n) is 5.26. The molecule has 35 heavy (non-hydrogen) atoms. The molecule has 0 spiro atoms. The van der Waals surface area contributed by atoms with Gasteiger partial charge in [0, 0.05) is 38.5 Å². The summed E-state index contributed by atoms with van der Waals surface area (Å²) < 4.78 is 9.52. The Morgan fingerprint density at radius 3 is 0.771 bits per heavy atom. The van der Waals surface area contributed by atoms with E-state index in [2.05, 4.69) is 0 Å². The second-order valence-electron chi connectivity index (χ2n) is 8.58. The molecule has 10 nitrogen and oxygen atoms in total. The van der Waals surface area contributed by atoms with Crippen LogP contribution >= 0.6 is 0 Å². The lowest BCUT2D eigenvalue weighted by Crippen LogP contribution is -2.12. The second-order valence-corrected chi connectivity index (χ2v) is 8.58. The van der Waals surface area contributed by atoms with Gasteiger partial charge in [-0.15, -0.1) is 0 Å². The molecule has 0 aliphatic rings. The highest BCUT2D eigenvalue weighted by Gasteiger charge is 2.11. The van der Waals surface area contributed by atoms with E-state index >= 15 is 0 Å². The van der Waals surface area contributed by atoms with Crippen molar-refractivity contribution in [2.24, 2.45) is 0 Å². The minimum Gasteiger partial charge on any atom is -0.481 e. The first-order valence-electron chi connectivity index (χ1n) is 12.6. The Bertz CT molecular complexity index is 615. The van der Waals surface area contributed by atoms with E-state index < -0.39 is 35.8 Å². The topological polar surface area (TPSA) is 161 Å². The molecule has 0 rings (SSSR count). The zero-order chi connectivity index (χ0) is 26.3. The summed E-state index contributed by atoms with van der Waals surface area (Å²) in [4.78, 5) is 67.4. The van der Waals surface area contributed by atoms with Crippen molar-refractivity contribution < 1.29 is 48.5 Å². The summed E-state index contributed by atoms with van der Waals surface area (Å²) in [6, 6.07) is 0. The predicted molar refractivity (Wildman–Crippen MR) is 125 cm³/mol. The molecule has 0 aromatic carbocycles. The molecule has 0 saturated heterocycles. The van der Waals surface area contributed by atoms with Gasteiger partial charge in [0.2, 0.25) is 0 Å². The van der Waals surface area contributed by atoms with Crippen molar-refractivity contribution in [3.8, 4) is 0 Å². The number of esters is 4. The second kappa shape index (κ2) is 21.7. The molecule has 0 amide bonds. The lowest BCUT2D eigenvalue weighted by Gasteiger charge is -2.05. The molecule has 0 atom stereocenters. The molecule has 0 aromatic heterocycles. The molecule has 0 saturated carbocycles. The lowest BCUT2D eigenvalue weighted by molar-refractivity contribution is -0.161. The van der Waals surface area contributed by atoms with Crippen LogP contribution < -0.4 is 0 Å². The van der Waals surface area contributed by atoms with E-state index in [0.29, 0.717) is 51.4 Å². The molecule has 0 fully saturated rings. The van der Waals surface area contributed by atoms with E-state index in [4.69, 9.17) is 19.7 Å². The van der Waals surface area contributed by atoms with Gasteiger partial charge in [-0.1, -0.05) is 44.9 Å². The van der Waals surface area contributed by atoms with Gasteiger partial charge in [-0.05, 0) is 38.5 Å². The Morgan fingerprint density at radius 1 is 0.343 bits per heavy atom. The van der Waals surface area contributed by atoms with Crippen LogP contribution in [0.15, 0.2) is 0 Å². The number of carbonyl (C=O) groups excluding carboxylic acids is 4. The summed E-state index contributed by atoms with van der Waals surface area (Å²) >= 11 is 0. The quantitative estimate of drug-likeness (QED) is 0.121. The van der Waals surface area contributed by atoms with E-state index in [9.17, 15) is 28.8 Å². The monoisotopic (exact) mass is 500 g/mol. The summed E-state index contributed by atoms with van der Waals surface area (Å²) in [6.07, 6.45) is 9.43. The van der Waals surface area contributed by atoms with Crippen molar-refractivity contribution >= 4 is 35.8 Å². The first-order valence-corrected chi connectivity index (χ1v) is 12.6. The van der Waals surface area contributed by atoms with Crippen LogP contribution in [-0.2, 0) is 38.2 Å². The van der Waals surface area contributed by atoms with Crippen LogP contribution in [-0.4, -0.2) is 46.0 Å². The number of rotatable bonds is 22. The number of aliphatic carboxylic acids is 2. The van der Waals surface area contributed by atoms with Gasteiger partial charge in [0.1, 0.15) is 0 Å². The smallest absolute Gasteiger partial charge is 0.313 e. The Labute approximate surface area is 206 Å². The molecule has 0 heterocycles. The maximum absolute atomic E-state index is 11.7. The highest BCUT2D eigenvalue weighted by atomic mass is 16.6. The molecular formula is C25H40O10. The van der Waals surface area contributed by atoms with E-state index in [-0.39, 0.29) is 38.5 Å². The Kier molecular flexibility index (Phi) is 20.0. The lowest BCUT2D eigenvalue weighted by atomic mass is 10.1. The van der Waals surface area contributed by atoms with E-state index in [0.717, 1.165) is 32.1 Å². The average molecular weight is 501 g/mol. The summed E-state index contributed by atoms with van der Waals surface area (Å²) in [5.41, 5.74) is 0. The fraction of sp³-hybridized carbons (Fsp3) is 0.760. The van der Waals surface area contributed by atoms with Crippen molar-refractivity contribution in [2.45, 2.75) is 122 Å². The van der Waals surface area contributed by atoms with Crippen LogP contribution in [0.2, 0.25) is 0 Å². The van der Waals surface area contributed by atoms with Gasteiger partial charge >= 0.3 is 35.8 Å². The summed E-state index contributed by atoms with van der Waals surface area (Å²) in [6.45, 7) is 0. The SMILES string of the molecule is O=C(O)CCCCCCC(=O)OC(=O)CCCCCCCC(=O)OC(=O)CCCCCCC(=O)O. The molecule has 0 radical (unpaired) electrons. The van der Waals surface area contributed by atoms with Gasteiger partial charge in [0.25, 0.3) is 0 Å². The van der Waals surface area contributed by atoms with Gasteiger partial charge in [-0.3, -0.25) is 28.8 Å².